The SMILES string of the molecule is CC(C)(O)C(=O)c1ccc(C(OCC(CO)(CO)CO)c2ccc(C(=O)C(C)(C)O)cc2)cc1. The van der Waals surface area contributed by atoms with Crippen LogP contribution in [0.5, 0.6) is 0 Å². The molecule has 0 atom stereocenters. The first-order chi connectivity index (χ1) is 15.8. The van der Waals surface area contributed by atoms with E-state index < -0.39 is 54.1 Å². The van der Waals surface area contributed by atoms with Gasteiger partial charge in [0.1, 0.15) is 17.3 Å². The molecule has 2 aromatic rings. The van der Waals surface area contributed by atoms with Gasteiger partial charge in [0, 0.05) is 11.1 Å². The second-order valence-corrected chi connectivity index (χ2v) is 9.69. The van der Waals surface area contributed by atoms with Crippen LogP contribution in [0.1, 0.15) is 65.6 Å². The lowest BCUT2D eigenvalue weighted by Crippen LogP contribution is -2.39. The second kappa shape index (κ2) is 10.9. The van der Waals surface area contributed by atoms with Crippen molar-refractivity contribution in [3.8, 4) is 0 Å². The molecule has 186 valence electrons. The maximum atomic E-state index is 12.4. The number of rotatable bonds is 12. The highest BCUT2D eigenvalue weighted by Gasteiger charge is 2.31. The van der Waals surface area contributed by atoms with Crippen LogP contribution in [-0.4, -0.2) is 74.7 Å². The van der Waals surface area contributed by atoms with Gasteiger partial charge in [0.15, 0.2) is 11.6 Å². The number of hydrogen-bond acceptors (Lipinski definition) is 8. The second-order valence-electron chi connectivity index (χ2n) is 9.69. The minimum absolute atomic E-state index is 0.171. The largest absolute Gasteiger partial charge is 0.396 e. The Bertz CT molecular complexity index is 884. The predicted octanol–water partition coefficient (Wildman–Crippen LogP) is 1.66. The number of benzene rings is 2. The average molecular weight is 475 g/mol. The smallest absolute Gasteiger partial charge is 0.193 e. The number of ether oxygens (including phenoxy) is 1. The molecule has 0 saturated carbocycles. The average Bonchev–Trinajstić information content (AvgIpc) is 2.81. The molecular formula is C26H34O8. The summed E-state index contributed by atoms with van der Waals surface area (Å²) in [6.45, 7) is 3.97. The molecule has 0 radical (unpaired) electrons. The number of carbonyl (C=O) groups is 2. The number of aliphatic hydroxyl groups is 5. The van der Waals surface area contributed by atoms with Crippen molar-refractivity contribution >= 4 is 11.6 Å². The normalized spacial score (nSPS) is 12.8. The molecule has 2 aromatic carbocycles. The van der Waals surface area contributed by atoms with Crippen LogP contribution in [-0.2, 0) is 4.74 Å². The topological polar surface area (TPSA) is 145 Å². The third kappa shape index (κ3) is 6.56. The summed E-state index contributed by atoms with van der Waals surface area (Å²) in [7, 11) is 0. The first kappa shape index (κ1) is 27.8. The summed E-state index contributed by atoms with van der Waals surface area (Å²) in [5.41, 5.74) is -2.40. The zero-order chi connectivity index (χ0) is 25.7. The van der Waals surface area contributed by atoms with Crippen LogP contribution in [0.25, 0.3) is 0 Å². The molecule has 2 rings (SSSR count). The van der Waals surface area contributed by atoms with E-state index >= 15 is 0 Å². The Kier molecular flexibility index (Phi) is 8.87. The van der Waals surface area contributed by atoms with Gasteiger partial charge in [-0.3, -0.25) is 9.59 Å². The van der Waals surface area contributed by atoms with Crippen molar-refractivity contribution in [3.05, 3.63) is 70.8 Å². The van der Waals surface area contributed by atoms with Crippen LogP contribution in [0.15, 0.2) is 48.5 Å². The third-order valence-electron chi connectivity index (χ3n) is 5.62. The molecule has 8 nitrogen and oxygen atoms in total. The summed E-state index contributed by atoms with van der Waals surface area (Å²) in [5.74, 6) is -0.878. The Morgan fingerprint density at radius 1 is 0.706 bits per heavy atom. The van der Waals surface area contributed by atoms with Crippen LogP contribution in [0.4, 0.5) is 0 Å². The van der Waals surface area contributed by atoms with E-state index in [0.29, 0.717) is 22.3 Å². The van der Waals surface area contributed by atoms with Crippen molar-refractivity contribution in [3.63, 3.8) is 0 Å². The fourth-order valence-electron chi connectivity index (χ4n) is 3.26. The number of hydrogen-bond donors (Lipinski definition) is 5. The minimum Gasteiger partial charge on any atom is -0.396 e. The van der Waals surface area contributed by atoms with Gasteiger partial charge in [-0.05, 0) is 38.8 Å². The molecule has 0 saturated heterocycles. The maximum absolute atomic E-state index is 12.4. The summed E-state index contributed by atoms with van der Waals surface area (Å²) >= 11 is 0. The van der Waals surface area contributed by atoms with Crippen LogP contribution in [0, 0.1) is 5.41 Å². The number of aliphatic hydroxyl groups excluding tert-OH is 3. The van der Waals surface area contributed by atoms with Crippen molar-refractivity contribution in [1.82, 2.24) is 0 Å². The highest BCUT2D eigenvalue weighted by Crippen LogP contribution is 2.30. The first-order valence-corrected chi connectivity index (χ1v) is 11.0. The Balaban J connectivity index is 2.42. The zero-order valence-corrected chi connectivity index (χ0v) is 20.0. The molecule has 0 spiro atoms. The Labute approximate surface area is 199 Å². The Morgan fingerprint density at radius 2 is 1.03 bits per heavy atom. The van der Waals surface area contributed by atoms with Gasteiger partial charge in [-0.25, -0.2) is 0 Å². The van der Waals surface area contributed by atoms with Crippen LogP contribution in [0.2, 0.25) is 0 Å². The van der Waals surface area contributed by atoms with Gasteiger partial charge in [-0.2, -0.15) is 0 Å². The molecule has 0 aromatic heterocycles. The molecule has 8 heteroatoms. The quantitative estimate of drug-likeness (QED) is 0.292. The number of ketones is 2. The molecule has 0 bridgehead atoms. The highest BCUT2D eigenvalue weighted by molar-refractivity contribution is 6.02. The molecule has 0 amide bonds. The standard InChI is InChI=1S/C26H34O8/c1-24(2,32)22(30)19-9-5-17(6-10-19)21(34-16-26(13-27,14-28)15-29)18-7-11-20(12-8-18)23(31)25(3,4)33/h5-12,21,27-29,32-33H,13-16H2,1-4H3. The number of carbonyl (C=O) groups excluding carboxylic acids is 2. The van der Waals surface area contributed by atoms with E-state index in [1.54, 1.807) is 48.5 Å². The molecular weight excluding hydrogens is 440 g/mol. The van der Waals surface area contributed by atoms with Gasteiger partial charge in [0.05, 0.1) is 31.8 Å². The summed E-state index contributed by atoms with van der Waals surface area (Å²) < 4.78 is 6.04. The highest BCUT2D eigenvalue weighted by atomic mass is 16.5. The monoisotopic (exact) mass is 474 g/mol. The van der Waals surface area contributed by atoms with Crippen LogP contribution in [0.3, 0.4) is 0 Å². The lowest BCUT2D eigenvalue weighted by molar-refractivity contribution is -0.0728. The zero-order valence-electron chi connectivity index (χ0n) is 20.0. The van der Waals surface area contributed by atoms with E-state index in [4.69, 9.17) is 4.74 Å². The summed E-state index contributed by atoms with van der Waals surface area (Å²) in [4.78, 5) is 24.7. The van der Waals surface area contributed by atoms with Crippen molar-refractivity contribution in [1.29, 1.82) is 0 Å². The molecule has 0 fully saturated rings. The minimum atomic E-state index is -1.52. The molecule has 34 heavy (non-hydrogen) atoms. The third-order valence-corrected chi connectivity index (χ3v) is 5.62. The van der Waals surface area contributed by atoms with Gasteiger partial charge in [0.25, 0.3) is 0 Å². The van der Waals surface area contributed by atoms with E-state index in [-0.39, 0.29) is 6.61 Å². The van der Waals surface area contributed by atoms with Gasteiger partial charge in [0.2, 0.25) is 0 Å². The lowest BCUT2D eigenvalue weighted by atomic mass is 9.91. The predicted molar refractivity (Wildman–Crippen MR) is 126 cm³/mol. The van der Waals surface area contributed by atoms with E-state index in [2.05, 4.69) is 0 Å². The summed E-state index contributed by atoms with van der Waals surface area (Å²) in [6.07, 6.45) is -0.721. The lowest BCUT2D eigenvalue weighted by Gasteiger charge is -2.30. The summed E-state index contributed by atoms with van der Waals surface area (Å²) in [5, 5.41) is 48.9. The molecule has 0 heterocycles. The van der Waals surface area contributed by atoms with E-state index in [9.17, 15) is 35.1 Å². The van der Waals surface area contributed by atoms with Crippen LogP contribution >= 0.6 is 0 Å². The van der Waals surface area contributed by atoms with Crippen molar-refractivity contribution in [2.24, 2.45) is 5.41 Å². The van der Waals surface area contributed by atoms with Crippen molar-refractivity contribution in [2.45, 2.75) is 45.0 Å². The van der Waals surface area contributed by atoms with Crippen molar-refractivity contribution < 1.29 is 39.9 Å². The number of Topliss-reactive ketones (excluding diaryl/α,β-unsaturated/α-hetero) is 2. The van der Waals surface area contributed by atoms with Crippen molar-refractivity contribution in [2.75, 3.05) is 26.4 Å². The molecule has 0 aliphatic carbocycles. The summed E-state index contributed by atoms with van der Waals surface area (Å²) in [6, 6.07) is 12.9. The van der Waals surface area contributed by atoms with E-state index in [0.717, 1.165) is 0 Å². The fraction of sp³-hybridized carbons (Fsp3) is 0.462. The molecule has 0 unspecified atom stereocenters. The Morgan fingerprint density at radius 3 is 1.29 bits per heavy atom. The van der Waals surface area contributed by atoms with E-state index in [1.165, 1.54) is 27.7 Å². The Hall–Kier alpha value is -2.46. The van der Waals surface area contributed by atoms with Gasteiger partial charge in [-0.1, -0.05) is 48.5 Å². The molecule has 0 aliphatic heterocycles. The fourth-order valence-corrected chi connectivity index (χ4v) is 3.26. The first-order valence-electron chi connectivity index (χ1n) is 11.0. The maximum Gasteiger partial charge on any atom is 0.193 e. The molecule has 5 N–H and O–H groups in total. The molecule has 0 aliphatic rings. The van der Waals surface area contributed by atoms with Gasteiger partial charge < -0.3 is 30.3 Å². The van der Waals surface area contributed by atoms with Gasteiger partial charge in [-0.15, -0.1) is 0 Å². The van der Waals surface area contributed by atoms with Crippen LogP contribution < -0.4 is 0 Å². The van der Waals surface area contributed by atoms with E-state index in [1.807, 2.05) is 0 Å². The van der Waals surface area contributed by atoms with Gasteiger partial charge >= 0.3 is 0 Å².